The van der Waals surface area contributed by atoms with Crippen LogP contribution in [0.15, 0.2) is 36.4 Å². The minimum atomic E-state index is -4.41. The molecule has 0 radical (unpaired) electrons. The van der Waals surface area contributed by atoms with E-state index in [1.165, 1.54) is 4.90 Å². The van der Waals surface area contributed by atoms with Crippen molar-refractivity contribution in [3.05, 3.63) is 42.0 Å². The van der Waals surface area contributed by atoms with Gasteiger partial charge in [-0.25, -0.2) is 4.79 Å². The van der Waals surface area contributed by atoms with Crippen LogP contribution in [0.3, 0.4) is 0 Å². The predicted molar refractivity (Wildman–Crippen MR) is 90.8 cm³/mol. The summed E-state index contributed by atoms with van der Waals surface area (Å²) in [7, 11) is 1.66. The molecule has 0 unspecified atom stereocenters. The first kappa shape index (κ1) is 19.6. The lowest BCUT2D eigenvalue weighted by Gasteiger charge is -2.33. The number of rotatable bonds is 4. The molecule has 1 amide bonds. The number of halogens is 4. The summed E-state index contributed by atoms with van der Waals surface area (Å²) >= 11 is 5.63. The van der Waals surface area contributed by atoms with Crippen LogP contribution in [0.2, 0.25) is 0 Å². The Morgan fingerprint density at radius 3 is 2.36 bits per heavy atom. The number of benzene rings is 1. The Kier molecular flexibility index (Phi) is 6.76. The maximum absolute atomic E-state index is 12.5. The van der Waals surface area contributed by atoms with Gasteiger partial charge >= 0.3 is 12.3 Å². The van der Waals surface area contributed by atoms with Crippen molar-refractivity contribution in [2.45, 2.75) is 37.9 Å². The molecule has 0 spiro atoms. The normalized spacial score (nSPS) is 21.3. The maximum atomic E-state index is 12.5. The van der Waals surface area contributed by atoms with E-state index in [-0.39, 0.29) is 11.8 Å². The van der Waals surface area contributed by atoms with E-state index in [2.05, 4.69) is 6.08 Å². The van der Waals surface area contributed by atoms with Crippen LogP contribution in [0.25, 0.3) is 0 Å². The third-order valence-electron chi connectivity index (χ3n) is 4.46. The minimum Gasteiger partial charge on any atom is -0.410 e. The Labute approximate surface area is 150 Å². The average molecular weight is 376 g/mol. The quantitative estimate of drug-likeness (QED) is 0.514. The zero-order chi connectivity index (χ0) is 18.4. The van der Waals surface area contributed by atoms with Gasteiger partial charge in [-0.15, -0.1) is 11.6 Å². The first-order chi connectivity index (χ1) is 11.8. The highest BCUT2D eigenvalue weighted by Crippen LogP contribution is 2.31. The number of allylic oxidation sites excluding steroid dienone is 2. The van der Waals surface area contributed by atoms with Gasteiger partial charge in [0.2, 0.25) is 0 Å². The Hall–Kier alpha value is -1.69. The van der Waals surface area contributed by atoms with Gasteiger partial charge in [-0.3, -0.25) is 0 Å². The van der Waals surface area contributed by atoms with E-state index in [0.717, 1.165) is 49.9 Å². The van der Waals surface area contributed by atoms with E-state index in [9.17, 15) is 18.0 Å². The van der Waals surface area contributed by atoms with Gasteiger partial charge in [0.05, 0.1) is 5.56 Å². The van der Waals surface area contributed by atoms with Crippen molar-refractivity contribution in [3.8, 4) is 5.75 Å². The Morgan fingerprint density at radius 2 is 1.84 bits per heavy atom. The largest absolute Gasteiger partial charge is 0.416 e. The standard InChI is InChI=1S/C18H21ClF3NO2/c1-23(15-8-4-13(5-9-15)3-2-12-19)17(24)25-16-10-6-14(7-11-16)18(20,21)22/h2-3,6-7,10-11,13,15H,4-5,8-9,12H2,1H3/b3-2+. The number of amides is 1. The molecule has 0 aliphatic heterocycles. The minimum absolute atomic E-state index is 0.0719. The smallest absolute Gasteiger partial charge is 0.410 e. The highest BCUT2D eigenvalue weighted by molar-refractivity contribution is 6.18. The Bertz CT molecular complexity index is 593. The van der Waals surface area contributed by atoms with Crippen LogP contribution in [-0.2, 0) is 6.18 Å². The van der Waals surface area contributed by atoms with Crippen LogP contribution < -0.4 is 4.74 Å². The summed E-state index contributed by atoms with van der Waals surface area (Å²) in [5.74, 6) is 1.08. The van der Waals surface area contributed by atoms with Crippen molar-refractivity contribution >= 4 is 17.7 Å². The molecule has 25 heavy (non-hydrogen) atoms. The molecule has 0 saturated heterocycles. The SMILES string of the molecule is CN(C(=O)Oc1ccc(C(F)(F)F)cc1)C1CCC(/C=C/CCl)CC1. The molecule has 1 aliphatic carbocycles. The molecule has 0 atom stereocenters. The summed E-state index contributed by atoms with van der Waals surface area (Å²) in [6.07, 6.45) is 2.74. The summed E-state index contributed by atoms with van der Waals surface area (Å²) < 4.78 is 42.8. The summed E-state index contributed by atoms with van der Waals surface area (Å²) in [4.78, 5) is 13.7. The second-order valence-corrected chi connectivity index (χ2v) is 6.46. The van der Waals surface area contributed by atoms with Gasteiger partial charge in [0.1, 0.15) is 5.75 Å². The molecule has 3 nitrogen and oxygen atoms in total. The summed E-state index contributed by atoms with van der Waals surface area (Å²) in [5, 5.41) is 0. The van der Waals surface area contributed by atoms with Crippen molar-refractivity contribution in [2.75, 3.05) is 12.9 Å². The zero-order valence-corrected chi connectivity index (χ0v) is 14.7. The number of hydrogen-bond acceptors (Lipinski definition) is 2. The molecule has 1 saturated carbocycles. The molecule has 1 aliphatic rings. The Balaban J connectivity index is 1.87. The van der Waals surface area contributed by atoms with Crippen LogP contribution in [0.1, 0.15) is 31.2 Å². The van der Waals surface area contributed by atoms with Gasteiger partial charge in [0, 0.05) is 19.0 Å². The summed E-state index contributed by atoms with van der Waals surface area (Å²) in [5.41, 5.74) is -0.774. The molecule has 0 bridgehead atoms. The predicted octanol–water partition coefficient (Wildman–Crippen LogP) is 5.49. The van der Waals surface area contributed by atoms with E-state index in [0.29, 0.717) is 11.8 Å². The highest BCUT2D eigenvalue weighted by atomic mass is 35.5. The first-order valence-electron chi connectivity index (χ1n) is 8.15. The van der Waals surface area contributed by atoms with Crippen molar-refractivity contribution in [3.63, 3.8) is 0 Å². The van der Waals surface area contributed by atoms with Gasteiger partial charge in [0.15, 0.2) is 0 Å². The van der Waals surface area contributed by atoms with Crippen LogP contribution in [0.5, 0.6) is 5.75 Å². The van der Waals surface area contributed by atoms with Crippen LogP contribution in [0.4, 0.5) is 18.0 Å². The van der Waals surface area contributed by atoms with E-state index in [4.69, 9.17) is 16.3 Å². The number of alkyl halides is 4. The Morgan fingerprint density at radius 1 is 1.24 bits per heavy atom. The van der Waals surface area contributed by atoms with Crippen molar-refractivity contribution in [1.29, 1.82) is 0 Å². The third-order valence-corrected chi connectivity index (χ3v) is 4.64. The average Bonchev–Trinajstić information content (AvgIpc) is 2.59. The molecular weight excluding hydrogens is 355 g/mol. The number of carbonyl (C=O) groups is 1. The van der Waals surface area contributed by atoms with E-state index in [1.54, 1.807) is 7.05 Å². The molecular formula is C18H21ClF3NO2. The molecule has 0 heterocycles. The fourth-order valence-electron chi connectivity index (χ4n) is 2.96. The molecule has 138 valence electrons. The topological polar surface area (TPSA) is 29.5 Å². The first-order valence-corrected chi connectivity index (χ1v) is 8.69. The summed E-state index contributed by atoms with van der Waals surface area (Å²) in [6, 6.07) is 4.18. The lowest BCUT2D eigenvalue weighted by Crippen LogP contribution is -2.40. The van der Waals surface area contributed by atoms with Crippen molar-refractivity contribution < 1.29 is 22.7 Å². The van der Waals surface area contributed by atoms with Crippen LogP contribution in [0, 0.1) is 5.92 Å². The number of hydrogen-bond donors (Lipinski definition) is 0. The molecule has 0 N–H and O–H groups in total. The van der Waals surface area contributed by atoms with Gasteiger partial charge in [-0.2, -0.15) is 13.2 Å². The lowest BCUT2D eigenvalue weighted by molar-refractivity contribution is -0.137. The van der Waals surface area contributed by atoms with Gasteiger partial charge < -0.3 is 9.64 Å². The summed E-state index contributed by atoms with van der Waals surface area (Å²) in [6.45, 7) is 0. The monoisotopic (exact) mass is 375 g/mol. The highest BCUT2D eigenvalue weighted by Gasteiger charge is 2.30. The molecule has 1 fully saturated rings. The van der Waals surface area contributed by atoms with Gasteiger partial charge in [0.25, 0.3) is 0 Å². The molecule has 0 aromatic heterocycles. The van der Waals surface area contributed by atoms with Gasteiger partial charge in [-0.05, 0) is 55.9 Å². The van der Waals surface area contributed by atoms with Gasteiger partial charge in [-0.1, -0.05) is 12.2 Å². The van der Waals surface area contributed by atoms with Crippen LogP contribution in [-0.4, -0.2) is 30.0 Å². The fourth-order valence-corrected chi connectivity index (χ4v) is 3.06. The molecule has 2 rings (SSSR count). The lowest BCUT2D eigenvalue weighted by atomic mass is 9.85. The van der Waals surface area contributed by atoms with E-state index in [1.807, 2.05) is 6.08 Å². The number of nitrogens with zero attached hydrogens (tertiary/aromatic N) is 1. The molecule has 1 aromatic carbocycles. The number of ether oxygens (including phenoxy) is 1. The zero-order valence-electron chi connectivity index (χ0n) is 13.9. The maximum Gasteiger partial charge on any atom is 0.416 e. The van der Waals surface area contributed by atoms with Crippen LogP contribution >= 0.6 is 11.6 Å². The second kappa shape index (κ2) is 8.61. The van der Waals surface area contributed by atoms with E-state index < -0.39 is 17.8 Å². The van der Waals surface area contributed by atoms with Crippen molar-refractivity contribution in [2.24, 2.45) is 5.92 Å². The fraction of sp³-hybridized carbons (Fsp3) is 0.500. The second-order valence-electron chi connectivity index (χ2n) is 6.15. The molecule has 1 aromatic rings. The van der Waals surface area contributed by atoms with E-state index >= 15 is 0 Å². The molecule has 7 heteroatoms. The van der Waals surface area contributed by atoms with Crippen molar-refractivity contribution in [1.82, 2.24) is 4.90 Å². The number of carbonyl (C=O) groups excluding carboxylic acids is 1. The third kappa shape index (κ3) is 5.66.